The van der Waals surface area contributed by atoms with Gasteiger partial charge in [0.1, 0.15) is 17.2 Å². The lowest BCUT2D eigenvalue weighted by atomic mass is 10.00. The van der Waals surface area contributed by atoms with E-state index in [1.807, 2.05) is 4.90 Å². The van der Waals surface area contributed by atoms with Gasteiger partial charge in [0.15, 0.2) is 11.6 Å². The van der Waals surface area contributed by atoms with Crippen LogP contribution in [0.4, 0.5) is 19.0 Å². The van der Waals surface area contributed by atoms with Crippen LogP contribution in [0.1, 0.15) is 38.8 Å². The van der Waals surface area contributed by atoms with Crippen LogP contribution in [0.3, 0.4) is 0 Å². The lowest BCUT2D eigenvalue weighted by Crippen LogP contribution is -2.32. The molecular formula is C26H32F3N5O2. The normalized spacial score (nSPS) is 25.9. The molecule has 0 radical (unpaired) electrons. The maximum Gasteiger partial charge on any atom is 0.259 e. The average Bonchev–Trinajstić information content (AvgIpc) is 3.47. The van der Waals surface area contributed by atoms with Crippen molar-refractivity contribution in [2.24, 2.45) is 17.8 Å². The summed E-state index contributed by atoms with van der Waals surface area (Å²) >= 11 is 0. The zero-order valence-corrected chi connectivity index (χ0v) is 20.4. The van der Waals surface area contributed by atoms with E-state index in [2.05, 4.69) is 15.5 Å². The van der Waals surface area contributed by atoms with E-state index in [1.54, 1.807) is 6.07 Å². The number of ether oxygens (including phenoxy) is 1. The number of benzene rings is 1. The summed E-state index contributed by atoms with van der Waals surface area (Å²) < 4.78 is 66.6. The van der Waals surface area contributed by atoms with Crippen molar-refractivity contribution in [2.75, 3.05) is 52.2 Å². The second-order valence-corrected chi connectivity index (χ2v) is 10.2. The van der Waals surface area contributed by atoms with Gasteiger partial charge in [0.25, 0.3) is 5.91 Å². The van der Waals surface area contributed by atoms with Gasteiger partial charge < -0.3 is 19.9 Å². The first-order chi connectivity index (χ1) is 18.1. The number of hydrogen-bond acceptors (Lipinski definition) is 6. The van der Waals surface area contributed by atoms with Gasteiger partial charge in [-0.1, -0.05) is 0 Å². The molecule has 1 N–H and O–H groups in total. The highest BCUT2D eigenvalue weighted by Gasteiger charge is 2.41. The molecular weight excluding hydrogens is 471 g/mol. The smallest absolute Gasteiger partial charge is 0.259 e. The standard InChI is InChI=1S/C26H32F3N5O2/c1-33(2)26(35)23-20(27)11-19(24(28)25(23)29)21-3-4-22(32-31-21)30-18-9-16-13-34(14-17(16)10-18)12-15-5-7-36-8-6-15/h3-4,11,15-18H,5-10,12-14H2,1-2H3,(H,30,32)/t16-,17+,18?/i12D2. The Hall–Kier alpha value is -2.72. The van der Waals surface area contributed by atoms with Gasteiger partial charge in [-0.05, 0) is 61.6 Å². The molecule has 194 valence electrons. The number of halogens is 3. The molecule has 2 aliphatic heterocycles. The molecule has 1 aromatic heterocycles. The van der Waals surface area contributed by atoms with Gasteiger partial charge in [-0.25, -0.2) is 13.2 Å². The Bertz CT molecular complexity index is 1180. The summed E-state index contributed by atoms with van der Waals surface area (Å²) in [6.45, 7) is 1.36. The topological polar surface area (TPSA) is 70.6 Å². The van der Waals surface area contributed by atoms with Crippen molar-refractivity contribution < 1.29 is 25.4 Å². The quantitative estimate of drug-likeness (QED) is 0.603. The third kappa shape index (κ3) is 5.06. The van der Waals surface area contributed by atoms with Gasteiger partial charge in [0.05, 0.1) is 5.69 Å². The number of anilines is 1. The Kier molecular flexibility index (Phi) is 6.45. The van der Waals surface area contributed by atoms with Gasteiger partial charge in [-0.2, -0.15) is 0 Å². The Morgan fingerprint density at radius 1 is 1.14 bits per heavy atom. The number of carbonyl (C=O) groups excluding carboxylic acids is 1. The molecule has 5 rings (SSSR count). The predicted molar refractivity (Wildman–Crippen MR) is 129 cm³/mol. The molecule has 3 heterocycles. The highest BCUT2D eigenvalue weighted by Crippen LogP contribution is 2.40. The highest BCUT2D eigenvalue weighted by atomic mass is 19.2. The zero-order valence-electron chi connectivity index (χ0n) is 22.4. The number of rotatable bonds is 6. The fourth-order valence-corrected chi connectivity index (χ4v) is 5.57. The maximum atomic E-state index is 14.7. The third-order valence-corrected chi connectivity index (χ3v) is 7.41. The molecule has 1 unspecified atom stereocenters. The summed E-state index contributed by atoms with van der Waals surface area (Å²) in [6.07, 6.45) is 3.25. The van der Waals surface area contributed by atoms with Crippen LogP contribution >= 0.6 is 0 Å². The number of carbonyl (C=O) groups is 1. The molecule has 3 fully saturated rings. The van der Waals surface area contributed by atoms with Crippen LogP contribution in [0.2, 0.25) is 0 Å². The summed E-state index contributed by atoms with van der Waals surface area (Å²) in [4.78, 5) is 15.0. The van der Waals surface area contributed by atoms with Crippen molar-refractivity contribution in [2.45, 2.75) is 31.7 Å². The Labute approximate surface area is 211 Å². The lowest BCUT2D eigenvalue weighted by molar-refractivity contribution is 0.0545. The largest absolute Gasteiger partial charge is 0.381 e. The first kappa shape index (κ1) is 22.5. The second-order valence-electron chi connectivity index (χ2n) is 10.2. The first-order valence-electron chi connectivity index (χ1n) is 13.4. The number of fused-ring (bicyclic) bond motifs is 1. The second kappa shape index (κ2) is 10.3. The molecule has 36 heavy (non-hydrogen) atoms. The van der Waals surface area contributed by atoms with Crippen molar-refractivity contribution in [1.82, 2.24) is 20.0 Å². The molecule has 3 aliphatic rings. The van der Waals surface area contributed by atoms with Gasteiger partial charge in [-0.15, -0.1) is 10.2 Å². The molecule has 0 bridgehead atoms. The Balaban J connectivity index is 1.21. The number of nitrogens with one attached hydrogen (secondary N) is 1. The molecule has 0 spiro atoms. The van der Waals surface area contributed by atoms with E-state index in [4.69, 9.17) is 7.48 Å². The van der Waals surface area contributed by atoms with Crippen LogP contribution in [0, 0.1) is 35.2 Å². The Morgan fingerprint density at radius 2 is 1.83 bits per heavy atom. The van der Waals surface area contributed by atoms with Crippen LogP contribution in [0.5, 0.6) is 0 Å². The maximum absolute atomic E-state index is 14.7. The van der Waals surface area contributed by atoms with Crippen LogP contribution in [-0.4, -0.2) is 78.8 Å². The van der Waals surface area contributed by atoms with Gasteiger partial charge in [0.2, 0.25) is 0 Å². The summed E-state index contributed by atoms with van der Waals surface area (Å²) in [6, 6.07) is 3.92. The van der Waals surface area contributed by atoms with E-state index in [1.165, 1.54) is 20.2 Å². The average molecular weight is 506 g/mol. The molecule has 1 saturated carbocycles. The number of aromatic nitrogens is 2. The van der Waals surface area contributed by atoms with Crippen molar-refractivity contribution in [1.29, 1.82) is 0 Å². The number of likely N-dealkylation sites (tertiary alicyclic amines) is 1. The van der Waals surface area contributed by atoms with Gasteiger partial charge >= 0.3 is 0 Å². The van der Waals surface area contributed by atoms with Crippen LogP contribution in [0.15, 0.2) is 18.2 Å². The number of nitrogens with zero attached hydrogens (tertiary/aromatic N) is 4. The minimum atomic E-state index is -1.56. The summed E-state index contributed by atoms with van der Waals surface area (Å²) in [7, 11) is 2.65. The lowest BCUT2D eigenvalue weighted by Gasteiger charge is -2.27. The van der Waals surface area contributed by atoms with Crippen molar-refractivity contribution in [3.8, 4) is 11.3 Å². The fraction of sp³-hybridized carbons (Fsp3) is 0.577. The minimum absolute atomic E-state index is 0.00532. The molecule has 10 heteroatoms. The summed E-state index contributed by atoms with van der Waals surface area (Å²) in [5, 5.41) is 11.4. The molecule has 1 aromatic carbocycles. The number of amides is 1. The number of hydrogen-bond donors (Lipinski definition) is 1. The molecule has 2 aromatic rings. The van der Waals surface area contributed by atoms with E-state index in [0.717, 1.165) is 49.7 Å². The first-order valence-corrected chi connectivity index (χ1v) is 12.4. The van der Waals surface area contributed by atoms with E-state index in [-0.39, 0.29) is 17.7 Å². The van der Waals surface area contributed by atoms with Crippen LogP contribution in [0.25, 0.3) is 11.3 Å². The summed E-state index contributed by atoms with van der Waals surface area (Å²) in [5.74, 6) is -3.83. The zero-order chi connectivity index (χ0) is 27.2. The van der Waals surface area contributed by atoms with Crippen molar-refractivity contribution in [3.05, 3.63) is 41.2 Å². The van der Waals surface area contributed by atoms with Gasteiger partial charge in [0, 0.05) is 61.2 Å². The van der Waals surface area contributed by atoms with Crippen LogP contribution in [-0.2, 0) is 4.74 Å². The van der Waals surface area contributed by atoms with E-state index in [9.17, 15) is 18.0 Å². The Morgan fingerprint density at radius 3 is 2.44 bits per heavy atom. The van der Waals surface area contributed by atoms with E-state index in [0.29, 0.717) is 30.9 Å². The van der Waals surface area contributed by atoms with Crippen molar-refractivity contribution >= 4 is 11.7 Å². The predicted octanol–water partition coefficient (Wildman–Crippen LogP) is 3.81. The summed E-state index contributed by atoms with van der Waals surface area (Å²) in [5.41, 5.74) is -1.42. The van der Waals surface area contributed by atoms with E-state index >= 15 is 0 Å². The molecule has 1 aliphatic carbocycles. The SMILES string of the molecule is [2H]C([2H])(C1CCOCC1)N1C[C@H]2CC(Nc3ccc(-c4cc(F)c(C(=O)N(C)C)c(F)c4F)nn3)C[C@H]2C1. The van der Waals surface area contributed by atoms with Crippen LogP contribution < -0.4 is 5.32 Å². The third-order valence-electron chi connectivity index (χ3n) is 7.41. The molecule has 3 atom stereocenters. The highest BCUT2D eigenvalue weighted by molar-refractivity contribution is 5.95. The molecule has 7 nitrogen and oxygen atoms in total. The van der Waals surface area contributed by atoms with Gasteiger partial charge in [-0.3, -0.25) is 4.79 Å². The minimum Gasteiger partial charge on any atom is -0.381 e. The van der Waals surface area contributed by atoms with E-state index < -0.39 is 41.0 Å². The molecule has 2 saturated heterocycles. The monoisotopic (exact) mass is 505 g/mol. The van der Waals surface area contributed by atoms with Crippen molar-refractivity contribution in [3.63, 3.8) is 0 Å². The molecule has 1 amide bonds. The fourth-order valence-electron chi connectivity index (χ4n) is 5.57.